The second kappa shape index (κ2) is 21.2. The molecule has 15 heteroatoms. The molecule has 0 aliphatic carbocycles. The highest BCUT2D eigenvalue weighted by Gasteiger charge is 2.42. The van der Waals surface area contributed by atoms with Crippen molar-refractivity contribution in [3.63, 3.8) is 0 Å². The number of hydrogen-bond acceptors (Lipinski definition) is 9. The molecular formula is C39H67N5O9Si. The maximum atomic E-state index is 14.0. The number of carbonyl (C=O) groups is 6. The standard InChI is InChI=1S/C39H67N5O9Si/c1-24(2)19-29(43-37(50)52-38(6,7)8)31(45)21-28(34(47)42-30(33(40)46)20-25(3)4)22-41-35(48)32(26(5)53-54(12,13)39(9,10)11)44-36(49)51-23-27-17-15-14-16-18-27/h14-18,24-26,28-30,32H,19-23H2,1-13H3,(H2,40,46)(H,41,48)(H,42,47)(H,43,50)(H,44,49)/t26-,28?,29+,30+,32+/m1/s1. The SMILES string of the molecule is CC(C)C[C@H](NC(=O)C(CNC(=O)[C@@H](NC(=O)OCc1ccccc1)[C@@H](C)O[Si](C)(C)C(C)(C)C)CC(=O)[C@H](CC(C)C)NC(=O)OC(C)(C)C)C(N)=O. The van der Waals surface area contributed by atoms with Gasteiger partial charge in [-0.2, -0.15) is 0 Å². The summed E-state index contributed by atoms with van der Waals surface area (Å²) in [6.07, 6.45) is -2.34. The molecule has 0 fully saturated rings. The molecule has 0 bridgehead atoms. The van der Waals surface area contributed by atoms with Crippen LogP contribution in [0.3, 0.4) is 0 Å². The van der Waals surface area contributed by atoms with Crippen molar-refractivity contribution in [3.8, 4) is 0 Å². The van der Waals surface area contributed by atoms with Crippen LogP contribution in [0.15, 0.2) is 30.3 Å². The van der Waals surface area contributed by atoms with Crippen molar-refractivity contribution in [2.75, 3.05) is 6.54 Å². The Morgan fingerprint density at radius 1 is 0.759 bits per heavy atom. The van der Waals surface area contributed by atoms with Gasteiger partial charge in [-0.25, -0.2) is 9.59 Å². The van der Waals surface area contributed by atoms with Gasteiger partial charge in [0.15, 0.2) is 14.1 Å². The Hall–Kier alpha value is -3.98. The van der Waals surface area contributed by atoms with Crippen molar-refractivity contribution in [2.45, 2.75) is 150 Å². The number of hydrogen-bond donors (Lipinski definition) is 5. The van der Waals surface area contributed by atoms with E-state index in [-0.39, 0.29) is 42.9 Å². The minimum absolute atomic E-state index is 0.00639. The van der Waals surface area contributed by atoms with Gasteiger partial charge in [0.25, 0.3) is 0 Å². The second-order valence-corrected chi connectivity index (χ2v) is 22.1. The number of Topliss-reactive ketones (excluding diaryl/α,β-unsaturated/α-hetero) is 1. The van der Waals surface area contributed by atoms with Gasteiger partial charge in [-0.3, -0.25) is 19.2 Å². The molecule has 306 valence electrons. The molecule has 0 saturated heterocycles. The fourth-order valence-corrected chi connectivity index (χ4v) is 6.59. The lowest BCUT2D eigenvalue weighted by Crippen LogP contribution is -2.57. The lowest BCUT2D eigenvalue weighted by molar-refractivity contribution is -0.133. The molecule has 0 spiro atoms. The number of ketones is 1. The summed E-state index contributed by atoms with van der Waals surface area (Å²) in [6, 6.07) is 5.79. The van der Waals surface area contributed by atoms with Crippen LogP contribution in [0.4, 0.5) is 9.59 Å². The predicted octanol–water partition coefficient (Wildman–Crippen LogP) is 5.34. The van der Waals surface area contributed by atoms with Crippen LogP contribution in [0.2, 0.25) is 18.1 Å². The van der Waals surface area contributed by atoms with Crippen LogP contribution in [0.1, 0.15) is 101 Å². The van der Waals surface area contributed by atoms with Crippen LogP contribution in [0.25, 0.3) is 0 Å². The van der Waals surface area contributed by atoms with Gasteiger partial charge in [-0.15, -0.1) is 0 Å². The molecule has 54 heavy (non-hydrogen) atoms. The zero-order valence-corrected chi connectivity index (χ0v) is 35.7. The Balaban J connectivity index is 3.43. The van der Waals surface area contributed by atoms with Gasteiger partial charge in [-0.1, -0.05) is 78.8 Å². The summed E-state index contributed by atoms with van der Waals surface area (Å²) in [4.78, 5) is 79.6. The molecule has 0 aromatic heterocycles. The highest BCUT2D eigenvalue weighted by Crippen LogP contribution is 2.37. The molecule has 0 saturated carbocycles. The van der Waals surface area contributed by atoms with Crippen molar-refractivity contribution in [1.29, 1.82) is 0 Å². The summed E-state index contributed by atoms with van der Waals surface area (Å²) in [6.45, 7) is 24.1. The number of nitrogens with one attached hydrogen (secondary N) is 4. The fourth-order valence-electron chi connectivity index (χ4n) is 5.17. The van der Waals surface area contributed by atoms with E-state index in [1.165, 1.54) is 0 Å². The van der Waals surface area contributed by atoms with E-state index in [1.54, 1.807) is 39.8 Å². The van der Waals surface area contributed by atoms with E-state index in [0.717, 1.165) is 5.56 Å². The van der Waals surface area contributed by atoms with E-state index in [0.29, 0.717) is 0 Å². The molecule has 14 nitrogen and oxygen atoms in total. The smallest absolute Gasteiger partial charge is 0.408 e. The summed E-state index contributed by atoms with van der Waals surface area (Å²) in [7, 11) is -2.45. The Morgan fingerprint density at radius 2 is 1.31 bits per heavy atom. The Bertz CT molecular complexity index is 1410. The monoisotopic (exact) mass is 777 g/mol. The molecule has 1 aromatic rings. The molecular weight excluding hydrogens is 711 g/mol. The van der Waals surface area contributed by atoms with Crippen LogP contribution in [-0.2, 0) is 39.7 Å². The van der Waals surface area contributed by atoms with Crippen molar-refractivity contribution in [1.82, 2.24) is 21.3 Å². The lowest BCUT2D eigenvalue weighted by Gasteiger charge is -2.40. The second-order valence-electron chi connectivity index (χ2n) is 17.3. The van der Waals surface area contributed by atoms with Crippen molar-refractivity contribution in [2.24, 2.45) is 23.5 Å². The molecule has 5 atom stereocenters. The summed E-state index contributed by atoms with van der Waals surface area (Å²) >= 11 is 0. The highest BCUT2D eigenvalue weighted by molar-refractivity contribution is 6.74. The number of rotatable bonds is 20. The van der Waals surface area contributed by atoms with Crippen LogP contribution in [-0.4, -0.2) is 80.4 Å². The highest BCUT2D eigenvalue weighted by atomic mass is 28.4. The Morgan fingerprint density at radius 3 is 1.81 bits per heavy atom. The first-order valence-corrected chi connectivity index (χ1v) is 21.7. The van der Waals surface area contributed by atoms with Crippen molar-refractivity contribution in [3.05, 3.63) is 35.9 Å². The Kier molecular flexibility index (Phi) is 18.9. The zero-order chi connectivity index (χ0) is 41.6. The fraction of sp³-hybridized carbons (Fsp3) is 0.692. The summed E-state index contributed by atoms with van der Waals surface area (Å²) in [5, 5.41) is 10.4. The predicted molar refractivity (Wildman–Crippen MR) is 211 cm³/mol. The van der Waals surface area contributed by atoms with E-state index in [9.17, 15) is 28.8 Å². The molecule has 5 amide bonds. The first-order valence-electron chi connectivity index (χ1n) is 18.8. The number of nitrogens with two attached hydrogens (primary N) is 1. The summed E-state index contributed by atoms with van der Waals surface area (Å²) < 4.78 is 17.3. The normalized spacial score (nSPS) is 14.9. The number of amides is 5. The number of carbonyl (C=O) groups excluding carboxylic acids is 6. The van der Waals surface area contributed by atoms with E-state index in [2.05, 4.69) is 21.3 Å². The summed E-state index contributed by atoms with van der Waals surface area (Å²) in [5.74, 6) is -3.78. The van der Waals surface area contributed by atoms with Crippen molar-refractivity contribution >= 4 is 44.0 Å². The molecule has 0 radical (unpaired) electrons. The third-order valence-electron chi connectivity index (χ3n) is 9.02. The van der Waals surface area contributed by atoms with E-state index in [4.69, 9.17) is 19.6 Å². The van der Waals surface area contributed by atoms with Gasteiger partial charge in [-0.05, 0) is 76.1 Å². The van der Waals surface area contributed by atoms with Gasteiger partial charge in [0, 0.05) is 13.0 Å². The van der Waals surface area contributed by atoms with Gasteiger partial charge < -0.3 is 40.9 Å². The minimum Gasteiger partial charge on any atom is -0.445 e. The molecule has 1 rings (SSSR count). The van der Waals surface area contributed by atoms with Gasteiger partial charge in [0.1, 0.15) is 24.3 Å². The summed E-state index contributed by atoms with van der Waals surface area (Å²) in [5.41, 5.74) is 5.55. The largest absolute Gasteiger partial charge is 0.445 e. The first-order chi connectivity index (χ1) is 24.7. The molecule has 6 N–H and O–H groups in total. The maximum Gasteiger partial charge on any atom is 0.408 e. The van der Waals surface area contributed by atoms with Gasteiger partial charge >= 0.3 is 12.2 Å². The molecule has 1 aromatic carbocycles. The molecule has 1 unspecified atom stereocenters. The van der Waals surface area contributed by atoms with Gasteiger partial charge in [0.2, 0.25) is 17.7 Å². The average Bonchev–Trinajstić information content (AvgIpc) is 3.01. The number of primary amides is 1. The lowest BCUT2D eigenvalue weighted by atomic mass is 9.92. The van der Waals surface area contributed by atoms with Gasteiger partial charge in [0.05, 0.1) is 18.1 Å². The van der Waals surface area contributed by atoms with E-state index >= 15 is 0 Å². The van der Waals surface area contributed by atoms with Crippen LogP contribution in [0.5, 0.6) is 0 Å². The quantitative estimate of drug-likeness (QED) is 0.108. The van der Waals surface area contributed by atoms with Crippen molar-refractivity contribution < 1.29 is 42.7 Å². The minimum atomic E-state index is -2.45. The zero-order valence-electron chi connectivity index (χ0n) is 34.7. The maximum absolute atomic E-state index is 14.0. The topological polar surface area (TPSA) is 204 Å². The third kappa shape index (κ3) is 17.9. The number of alkyl carbamates (subject to hydrolysis) is 2. The molecule has 0 heterocycles. The van der Waals surface area contributed by atoms with Crippen LogP contribution < -0.4 is 27.0 Å². The van der Waals surface area contributed by atoms with Crippen LogP contribution >= 0.6 is 0 Å². The van der Waals surface area contributed by atoms with E-state index < -0.39 is 86.2 Å². The third-order valence-corrected chi connectivity index (χ3v) is 13.6. The first kappa shape index (κ1) is 48.0. The number of ether oxygens (including phenoxy) is 2. The molecule has 0 aliphatic rings. The Labute approximate surface area is 323 Å². The number of benzene rings is 1. The molecule has 0 aliphatic heterocycles. The average molecular weight is 778 g/mol. The van der Waals surface area contributed by atoms with Crippen LogP contribution in [0, 0.1) is 17.8 Å². The van der Waals surface area contributed by atoms with E-state index in [1.807, 2.05) is 79.8 Å².